The summed E-state index contributed by atoms with van der Waals surface area (Å²) in [4.78, 5) is 2.02. The number of halogens is 1. The van der Waals surface area contributed by atoms with Gasteiger partial charge in [-0.1, -0.05) is 17.7 Å². The number of rotatable bonds is 5. The topological polar surface area (TPSA) is 43.7 Å². The van der Waals surface area contributed by atoms with E-state index < -0.39 is 0 Å². The summed E-state index contributed by atoms with van der Waals surface area (Å²) < 4.78 is 0. The van der Waals surface area contributed by atoms with Gasteiger partial charge in [-0.2, -0.15) is 0 Å². The zero-order valence-electron chi connectivity index (χ0n) is 8.78. The van der Waals surface area contributed by atoms with Gasteiger partial charge in [-0.25, -0.2) is 0 Å². The van der Waals surface area contributed by atoms with Crippen molar-refractivity contribution in [2.45, 2.75) is 13.5 Å². The summed E-state index contributed by atoms with van der Waals surface area (Å²) in [5.74, 6) is 0. The normalized spacial score (nSPS) is 10.4. The van der Waals surface area contributed by atoms with Gasteiger partial charge in [0, 0.05) is 23.8 Å². The van der Waals surface area contributed by atoms with Crippen molar-refractivity contribution in [1.82, 2.24) is 0 Å². The summed E-state index contributed by atoms with van der Waals surface area (Å²) in [6.45, 7) is 3.49. The van der Waals surface area contributed by atoms with Gasteiger partial charge in [-0.05, 0) is 24.6 Å². The zero-order chi connectivity index (χ0) is 11.3. The van der Waals surface area contributed by atoms with Crippen molar-refractivity contribution in [1.29, 1.82) is 0 Å². The Kier molecular flexibility index (Phi) is 4.88. The molecule has 4 heteroatoms. The van der Waals surface area contributed by atoms with Crippen LogP contribution in [0.4, 0.5) is 5.69 Å². The molecule has 15 heavy (non-hydrogen) atoms. The van der Waals surface area contributed by atoms with Crippen molar-refractivity contribution in [3.8, 4) is 0 Å². The number of benzene rings is 1. The standard InChI is InChI=1S/C11H16ClNO2/c1-2-13(5-6-14)10-4-3-9(8-15)11(12)7-10/h3-4,7,14-15H,2,5-6,8H2,1H3. The second-order valence-corrected chi connectivity index (χ2v) is 3.64. The number of hydrogen-bond donors (Lipinski definition) is 2. The average Bonchev–Trinajstić information content (AvgIpc) is 2.25. The molecule has 0 aliphatic heterocycles. The van der Waals surface area contributed by atoms with Gasteiger partial charge < -0.3 is 15.1 Å². The molecular formula is C11H16ClNO2. The van der Waals surface area contributed by atoms with Crippen LogP contribution in [0.2, 0.25) is 5.02 Å². The molecule has 3 nitrogen and oxygen atoms in total. The van der Waals surface area contributed by atoms with Gasteiger partial charge in [-0.3, -0.25) is 0 Å². The maximum absolute atomic E-state index is 8.97. The van der Waals surface area contributed by atoms with Gasteiger partial charge in [0.25, 0.3) is 0 Å². The highest BCUT2D eigenvalue weighted by Gasteiger charge is 2.06. The van der Waals surface area contributed by atoms with E-state index in [4.69, 9.17) is 21.8 Å². The van der Waals surface area contributed by atoms with Crippen LogP contribution in [-0.2, 0) is 6.61 Å². The first-order valence-electron chi connectivity index (χ1n) is 4.98. The molecule has 0 amide bonds. The number of anilines is 1. The van der Waals surface area contributed by atoms with Gasteiger partial charge in [-0.15, -0.1) is 0 Å². The molecular weight excluding hydrogens is 214 g/mol. The summed E-state index contributed by atoms with van der Waals surface area (Å²) in [6, 6.07) is 5.51. The molecule has 0 aliphatic carbocycles. The van der Waals surface area contributed by atoms with Crippen LogP contribution in [0.3, 0.4) is 0 Å². The van der Waals surface area contributed by atoms with Crippen LogP contribution in [0.5, 0.6) is 0 Å². The minimum Gasteiger partial charge on any atom is -0.395 e. The fourth-order valence-corrected chi connectivity index (χ4v) is 1.69. The molecule has 0 atom stereocenters. The van der Waals surface area contributed by atoms with Crippen LogP contribution < -0.4 is 4.90 Å². The fourth-order valence-electron chi connectivity index (χ4n) is 1.45. The molecule has 0 aromatic heterocycles. The van der Waals surface area contributed by atoms with Crippen LogP contribution in [0, 0.1) is 0 Å². The lowest BCUT2D eigenvalue weighted by Crippen LogP contribution is -2.26. The molecule has 1 aromatic carbocycles. The van der Waals surface area contributed by atoms with Gasteiger partial charge in [0.1, 0.15) is 0 Å². The highest BCUT2D eigenvalue weighted by Crippen LogP contribution is 2.23. The lowest BCUT2D eigenvalue weighted by atomic mass is 10.2. The van der Waals surface area contributed by atoms with Crippen LogP contribution in [-0.4, -0.2) is 29.9 Å². The van der Waals surface area contributed by atoms with E-state index in [1.807, 2.05) is 24.0 Å². The second kappa shape index (κ2) is 5.95. The Hall–Kier alpha value is -0.770. The van der Waals surface area contributed by atoms with E-state index in [0.29, 0.717) is 11.6 Å². The zero-order valence-corrected chi connectivity index (χ0v) is 9.54. The maximum atomic E-state index is 8.97. The summed E-state index contributed by atoms with van der Waals surface area (Å²) in [5, 5.41) is 18.4. The number of aliphatic hydroxyl groups excluding tert-OH is 2. The molecule has 0 spiro atoms. The Bertz CT molecular complexity index is 317. The van der Waals surface area contributed by atoms with Crippen molar-refractivity contribution >= 4 is 17.3 Å². The molecule has 0 radical (unpaired) electrons. The third kappa shape index (κ3) is 3.09. The SMILES string of the molecule is CCN(CCO)c1ccc(CO)c(Cl)c1. The minimum absolute atomic E-state index is 0.0504. The molecule has 1 aromatic rings. The Morgan fingerprint density at radius 1 is 1.33 bits per heavy atom. The summed E-state index contributed by atoms with van der Waals surface area (Å²) in [5.41, 5.74) is 1.69. The van der Waals surface area contributed by atoms with Crippen molar-refractivity contribution in [3.63, 3.8) is 0 Å². The van der Waals surface area contributed by atoms with E-state index in [0.717, 1.165) is 17.8 Å². The molecule has 2 N–H and O–H groups in total. The van der Waals surface area contributed by atoms with Gasteiger partial charge in [0.2, 0.25) is 0 Å². The third-order valence-electron chi connectivity index (χ3n) is 2.32. The predicted molar refractivity (Wildman–Crippen MR) is 62.3 cm³/mol. The largest absolute Gasteiger partial charge is 0.395 e. The first kappa shape index (κ1) is 12.3. The van der Waals surface area contributed by atoms with Crippen LogP contribution in [0.15, 0.2) is 18.2 Å². The van der Waals surface area contributed by atoms with Crippen molar-refractivity contribution in [2.75, 3.05) is 24.6 Å². The quantitative estimate of drug-likeness (QED) is 0.807. The summed E-state index contributed by atoms with van der Waals surface area (Å²) in [6.07, 6.45) is 0. The molecule has 0 bridgehead atoms. The molecule has 84 valence electrons. The smallest absolute Gasteiger partial charge is 0.0696 e. The number of likely N-dealkylation sites (N-methyl/N-ethyl adjacent to an activating group) is 1. The number of hydrogen-bond acceptors (Lipinski definition) is 3. The lowest BCUT2D eigenvalue weighted by molar-refractivity contribution is 0.282. The van der Waals surface area contributed by atoms with E-state index in [1.165, 1.54) is 0 Å². The highest BCUT2D eigenvalue weighted by atomic mass is 35.5. The molecule has 0 saturated heterocycles. The molecule has 0 fully saturated rings. The monoisotopic (exact) mass is 229 g/mol. The maximum Gasteiger partial charge on any atom is 0.0696 e. The van der Waals surface area contributed by atoms with Crippen LogP contribution in [0.25, 0.3) is 0 Å². The Balaban J connectivity index is 2.89. The number of nitrogens with zero attached hydrogens (tertiary/aromatic N) is 1. The first-order valence-corrected chi connectivity index (χ1v) is 5.35. The molecule has 0 aliphatic rings. The van der Waals surface area contributed by atoms with Gasteiger partial charge >= 0.3 is 0 Å². The van der Waals surface area contributed by atoms with E-state index >= 15 is 0 Å². The molecule has 0 unspecified atom stereocenters. The predicted octanol–water partition coefficient (Wildman–Crippen LogP) is 1.65. The van der Waals surface area contributed by atoms with E-state index in [1.54, 1.807) is 6.07 Å². The van der Waals surface area contributed by atoms with E-state index in [-0.39, 0.29) is 13.2 Å². The van der Waals surface area contributed by atoms with Gasteiger partial charge in [0.05, 0.1) is 13.2 Å². The highest BCUT2D eigenvalue weighted by molar-refractivity contribution is 6.31. The summed E-state index contributed by atoms with van der Waals surface area (Å²) >= 11 is 5.98. The van der Waals surface area contributed by atoms with Crippen molar-refractivity contribution in [3.05, 3.63) is 28.8 Å². The van der Waals surface area contributed by atoms with Crippen LogP contribution in [0.1, 0.15) is 12.5 Å². The molecule has 0 heterocycles. The Morgan fingerprint density at radius 3 is 2.53 bits per heavy atom. The molecule has 0 saturated carbocycles. The fraction of sp³-hybridized carbons (Fsp3) is 0.455. The average molecular weight is 230 g/mol. The van der Waals surface area contributed by atoms with Crippen molar-refractivity contribution < 1.29 is 10.2 Å². The van der Waals surface area contributed by atoms with Gasteiger partial charge in [0.15, 0.2) is 0 Å². The lowest BCUT2D eigenvalue weighted by Gasteiger charge is -2.22. The minimum atomic E-state index is -0.0504. The van der Waals surface area contributed by atoms with E-state index in [2.05, 4.69) is 0 Å². The second-order valence-electron chi connectivity index (χ2n) is 3.24. The first-order chi connectivity index (χ1) is 7.22. The third-order valence-corrected chi connectivity index (χ3v) is 2.68. The number of aliphatic hydroxyl groups is 2. The Morgan fingerprint density at radius 2 is 2.07 bits per heavy atom. The van der Waals surface area contributed by atoms with Crippen molar-refractivity contribution in [2.24, 2.45) is 0 Å². The Labute approximate surface area is 94.9 Å². The molecule has 1 rings (SSSR count). The van der Waals surface area contributed by atoms with Crippen LogP contribution >= 0.6 is 11.6 Å². The summed E-state index contributed by atoms with van der Waals surface area (Å²) in [7, 11) is 0. The van der Waals surface area contributed by atoms with E-state index in [9.17, 15) is 0 Å².